The molecule has 0 fully saturated rings. The van der Waals surface area contributed by atoms with Gasteiger partial charge in [0.05, 0.1) is 16.8 Å². The highest BCUT2D eigenvalue weighted by Crippen LogP contribution is 2.42. The number of fused-ring (bicyclic) bond motifs is 2. The topological polar surface area (TPSA) is 92.9 Å². The van der Waals surface area contributed by atoms with Gasteiger partial charge in [-0.2, -0.15) is 0 Å². The van der Waals surface area contributed by atoms with Gasteiger partial charge in [-0.25, -0.2) is 0 Å². The number of benzene rings is 3. The van der Waals surface area contributed by atoms with Gasteiger partial charge in [0, 0.05) is 36.5 Å². The number of phenolic OH excluding ortho intramolecular Hbond substituents is 1. The summed E-state index contributed by atoms with van der Waals surface area (Å²) in [6.07, 6.45) is 1.80. The van der Waals surface area contributed by atoms with Crippen molar-refractivity contribution in [2.75, 3.05) is 24.2 Å². The minimum absolute atomic E-state index is 0.0171. The van der Waals surface area contributed by atoms with E-state index in [0.29, 0.717) is 12.3 Å². The van der Waals surface area contributed by atoms with E-state index in [1.807, 2.05) is 24.1 Å². The molecule has 0 radical (unpaired) electrons. The first-order chi connectivity index (χ1) is 14.4. The fourth-order valence-corrected chi connectivity index (χ4v) is 3.55. The minimum Gasteiger partial charge on any atom is -0.507 e. The van der Waals surface area contributed by atoms with Crippen molar-refractivity contribution in [1.29, 1.82) is 0 Å². The van der Waals surface area contributed by atoms with Crippen LogP contribution in [-0.2, 0) is 0 Å². The summed E-state index contributed by atoms with van der Waals surface area (Å²) in [5.74, 6) is -0.611. The number of ketones is 2. The van der Waals surface area contributed by atoms with Crippen molar-refractivity contribution in [3.05, 3.63) is 89.5 Å². The molecule has 0 atom stereocenters. The molecule has 3 aromatic rings. The van der Waals surface area contributed by atoms with E-state index in [2.05, 4.69) is 6.58 Å². The molecular formula is C24H20N2O4. The predicted octanol–water partition coefficient (Wildman–Crippen LogP) is 4.16. The Balaban J connectivity index is 1.72. The van der Waals surface area contributed by atoms with Crippen LogP contribution in [0.25, 0.3) is 0 Å². The maximum atomic E-state index is 13.0. The van der Waals surface area contributed by atoms with Gasteiger partial charge in [0.25, 0.3) is 0 Å². The molecule has 0 heterocycles. The Hall–Kier alpha value is -4.06. The van der Waals surface area contributed by atoms with Gasteiger partial charge < -0.3 is 20.5 Å². The van der Waals surface area contributed by atoms with Crippen LogP contribution in [0.2, 0.25) is 0 Å². The summed E-state index contributed by atoms with van der Waals surface area (Å²) < 4.78 is 5.84. The lowest BCUT2D eigenvalue weighted by Crippen LogP contribution is -2.22. The molecular weight excluding hydrogens is 380 g/mol. The third-order valence-corrected chi connectivity index (χ3v) is 5.09. The number of nitrogens with zero attached hydrogens (tertiary/aromatic N) is 1. The fourth-order valence-electron chi connectivity index (χ4n) is 3.55. The molecule has 3 N–H and O–H groups in total. The summed E-state index contributed by atoms with van der Waals surface area (Å²) in [5.41, 5.74) is 7.59. The number of likely N-dealkylation sites (N-methyl/N-ethyl adjacent to an activating group) is 1. The zero-order chi connectivity index (χ0) is 21.4. The second-order valence-corrected chi connectivity index (χ2v) is 7.03. The highest BCUT2D eigenvalue weighted by Gasteiger charge is 2.35. The van der Waals surface area contributed by atoms with Gasteiger partial charge in [0.1, 0.15) is 11.5 Å². The standard InChI is InChI=1S/C24H20N2O4/c1-3-12-26(2)14-8-10-15(11-9-14)30-19-13-18(27)20-21(22(19)25)24(29)17-7-5-4-6-16(17)23(20)28/h3-11,13,27H,1,12,25H2,2H3. The Labute approximate surface area is 173 Å². The molecule has 150 valence electrons. The summed E-state index contributed by atoms with van der Waals surface area (Å²) in [7, 11) is 1.94. The molecule has 0 unspecified atom stereocenters. The summed E-state index contributed by atoms with van der Waals surface area (Å²) in [5, 5.41) is 10.5. The van der Waals surface area contributed by atoms with E-state index in [-0.39, 0.29) is 39.4 Å². The van der Waals surface area contributed by atoms with E-state index in [1.165, 1.54) is 6.07 Å². The van der Waals surface area contributed by atoms with Crippen molar-refractivity contribution < 1.29 is 19.4 Å². The van der Waals surface area contributed by atoms with Gasteiger partial charge in [-0.05, 0) is 24.3 Å². The van der Waals surface area contributed by atoms with Crippen LogP contribution < -0.4 is 15.4 Å². The lowest BCUT2D eigenvalue weighted by Gasteiger charge is -2.22. The molecule has 6 nitrogen and oxygen atoms in total. The molecule has 0 bridgehead atoms. The van der Waals surface area contributed by atoms with E-state index in [9.17, 15) is 14.7 Å². The van der Waals surface area contributed by atoms with Crippen LogP contribution in [0.1, 0.15) is 31.8 Å². The van der Waals surface area contributed by atoms with Crippen molar-refractivity contribution in [2.45, 2.75) is 0 Å². The van der Waals surface area contributed by atoms with Gasteiger partial charge in [0.2, 0.25) is 0 Å². The third kappa shape index (κ3) is 3.08. The largest absolute Gasteiger partial charge is 0.507 e. The number of hydrogen-bond donors (Lipinski definition) is 2. The van der Waals surface area contributed by atoms with Crippen molar-refractivity contribution >= 4 is 22.9 Å². The van der Waals surface area contributed by atoms with Crippen LogP contribution in [0.5, 0.6) is 17.2 Å². The molecule has 30 heavy (non-hydrogen) atoms. The van der Waals surface area contributed by atoms with Gasteiger partial charge in [0.15, 0.2) is 17.3 Å². The van der Waals surface area contributed by atoms with Gasteiger partial charge in [-0.1, -0.05) is 30.3 Å². The van der Waals surface area contributed by atoms with Crippen LogP contribution in [-0.4, -0.2) is 30.3 Å². The van der Waals surface area contributed by atoms with Gasteiger partial charge in [-0.3, -0.25) is 9.59 Å². The molecule has 3 aromatic carbocycles. The average Bonchev–Trinajstić information content (AvgIpc) is 2.75. The number of hydrogen-bond acceptors (Lipinski definition) is 6. The van der Waals surface area contributed by atoms with Gasteiger partial charge >= 0.3 is 0 Å². The molecule has 0 saturated carbocycles. The minimum atomic E-state index is -0.439. The van der Waals surface area contributed by atoms with E-state index < -0.39 is 11.6 Å². The number of rotatable bonds is 5. The van der Waals surface area contributed by atoms with E-state index in [1.54, 1.807) is 42.5 Å². The molecule has 0 aromatic heterocycles. The molecule has 0 aliphatic heterocycles. The number of carbonyl (C=O) groups is 2. The highest BCUT2D eigenvalue weighted by molar-refractivity contribution is 6.31. The molecule has 0 spiro atoms. The first-order valence-electron chi connectivity index (χ1n) is 9.36. The molecule has 1 aliphatic rings. The lowest BCUT2D eigenvalue weighted by molar-refractivity contribution is 0.0977. The monoisotopic (exact) mass is 400 g/mol. The number of aromatic hydroxyl groups is 1. The van der Waals surface area contributed by atoms with Crippen LogP contribution in [0.4, 0.5) is 11.4 Å². The molecule has 4 rings (SSSR count). The highest BCUT2D eigenvalue weighted by atomic mass is 16.5. The number of anilines is 2. The maximum Gasteiger partial charge on any atom is 0.198 e. The maximum absolute atomic E-state index is 13.0. The zero-order valence-corrected chi connectivity index (χ0v) is 16.4. The molecule has 0 amide bonds. The Kier molecular flexibility index (Phi) is 4.75. The van der Waals surface area contributed by atoms with Crippen molar-refractivity contribution in [3.63, 3.8) is 0 Å². The quantitative estimate of drug-likeness (QED) is 0.297. The molecule has 6 heteroatoms. The molecule has 1 aliphatic carbocycles. The number of nitrogens with two attached hydrogens (primary N) is 1. The number of nitrogen functional groups attached to an aromatic ring is 1. The normalized spacial score (nSPS) is 12.2. The summed E-state index contributed by atoms with van der Waals surface area (Å²) in [6, 6.07) is 15.0. The van der Waals surface area contributed by atoms with Crippen LogP contribution >= 0.6 is 0 Å². The summed E-state index contributed by atoms with van der Waals surface area (Å²) in [4.78, 5) is 27.8. The average molecular weight is 400 g/mol. The van der Waals surface area contributed by atoms with E-state index in [0.717, 1.165) is 5.69 Å². The third-order valence-electron chi connectivity index (χ3n) is 5.09. The Morgan fingerprint density at radius 3 is 2.23 bits per heavy atom. The number of ether oxygens (including phenoxy) is 1. The Bertz CT molecular complexity index is 1180. The summed E-state index contributed by atoms with van der Waals surface area (Å²) in [6.45, 7) is 4.42. The molecule has 0 saturated heterocycles. The van der Waals surface area contributed by atoms with Crippen LogP contribution in [0, 0.1) is 0 Å². The van der Waals surface area contributed by atoms with Crippen molar-refractivity contribution in [1.82, 2.24) is 0 Å². The van der Waals surface area contributed by atoms with Crippen molar-refractivity contribution in [2.24, 2.45) is 0 Å². The fraction of sp³-hybridized carbons (Fsp3) is 0.0833. The lowest BCUT2D eigenvalue weighted by atomic mass is 9.82. The first-order valence-corrected chi connectivity index (χ1v) is 9.36. The van der Waals surface area contributed by atoms with Crippen LogP contribution in [0.3, 0.4) is 0 Å². The predicted molar refractivity (Wildman–Crippen MR) is 116 cm³/mol. The second-order valence-electron chi connectivity index (χ2n) is 7.03. The van der Waals surface area contributed by atoms with Crippen molar-refractivity contribution in [3.8, 4) is 17.2 Å². The Morgan fingerprint density at radius 1 is 1.03 bits per heavy atom. The zero-order valence-electron chi connectivity index (χ0n) is 16.4. The number of phenols is 1. The Morgan fingerprint density at radius 2 is 1.63 bits per heavy atom. The SMILES string of the molecule is C=CCN(C)c1ccc(Oc2cc(O)c3c(c2N)C(=O)c2ccccc2C3=O)cc1. The van der Waals surface area contributed by atoms with Gasteiger partial charge in [-0.15, -0.1) is 6.58 Å². The smallest absolute Gasteiger partial charge is 0.198 e. The van der Waals surface area contributed by atoms with E-state index in [4.69, 9.17) is 10.5 Å². The number of carbonyl (C=O) groups excluding carboxylic acids is 2. The van der Waals surface area contributed by atoms with E-state index >= 15 is 0 Å². The summed E-state index contributed by atoms with van der Waals surface area (Å²) >= 11 is 0. The first kappa shape index (κ1) is 19.3. The second kappa shape index (κ2) is 7.40. The van der Waals surface area contributed by atoms with Crippen LogP contribution in [0.15, 0.2) is 67.3 Å².